The minimum Gasteiger partial charge on any atom is -0.356 e. The van der Waals surface area contributed by atoms with Gasteiger partial charge in [0.25, 0.3) is 0 Å². The molecule has 1 heterocycles. The summed E-state index contributed by atoms with van der Waals surface area (Å²) in [6.45, 7) is 11.8. The van der Waals surface area contributed by atoms with Crippen LogP contribution in [0.25, 0.3) is 0 Å². The van der Waals surface area contributed by atoms with E-state index < -0.39 is 0 Å². The first-order valence-electron chi connectivity index (χ1n) is 8.74. The molecule has 0 spiro atoms. The smallest absolute Gasteiger partial charge is 0.190 e. The molecule has 2 N–H and O–H groups in total. The second-order valence-electron chi connectivity index (χ2n) is 6.44. The molecule has 0 aliphatic heterocycles. The van der Waals surface area contributed by atoms with Gasteiger partial charge in [-0.1, -0.05) is 17.7 Å². The predicted octanol–water partition coefficient (Wildman–Crippen LogP) is 2.95. The van der Waals surface area contributed by atoms with Gasteiger partial charge in [0.2, 0.25) is 0 Å². The van der Waals surface area contributed by atoms with E-state index in [9.17, 15) is 0 Å². The zero-order chi connectivity index (χ0) is 17.9. The standard InChI is InChI=1S/C18H32ClN5/c1-14(2)24(15(3)4)12-6-10-21-18(20-5)22-11-9-16-7-8-17(19)23-13-16/h7-8,13-15H,6,9-12H2,1-5H3,(H2,20,21,22). The van der Waals surface area contributed by atoms with Crippen LogP contribution in [0.1, 0.15) is 39.7 Å². The summed E-state index contributed by atoms with van der Waals surface area (Å²) in [6.07, 6.45) is 3.80. The molecule has 0 saturated heterocycles. The molecule has 5 nitrogen and oxygen atoms in total. The molecule has 24 heavy (non-hydrogen) atoms. The average molecular weight is 354 g/mol. The highest BCUT2D eigenvalue weighted by molar-refractivity contribution is 6.29. The van der Waals surface area contributed by atoms with Gasteiger partial charge >= 0.3 is 0 Å². The van der Waals surface area contributed by atoms with E-state index in [1.807, 2.05) is 18.3 Å². The van der Waals surface area contributed by atoms with E-state index in [1.54, 1.807) is 7.05 Å². The first-order chi connectivity index (χ1) is 11.4. The van der Waals surface area contributed by atoms with Gasteiger partial charge in [-0.2, -0.15) is 0 Å². The van der Waals surface area contributed by atoms with Gasteiger partial charge in [0.1, 0.15) is 5.15 Å². The molecule has 0 bridgehead atoms. The van der Waals surface area contributed by atoms with Gasteiger partial charge in [-0.25, -0.2) is 4.98 Å². The van der Waals surface area contributed by atoms with Gasteiger partial charge in [-0.3, -0.25) is 9.89 Å². The van der Waals surface area contributed by atoms with Crippen molar-refractivity contribution in [3.8, 4) is 0 Å². The average Bonchev–Trinajstić information content (AvgIpc) is 2.54. The fourth-order valence-electron chi connectivity index (χ4n) is 2.68. The molecule has 0 saturated carbocycles. The van der Waals surface area contributed by atoms with Crippen LogP contribution < -0.4 is 10.6 Å². The number of nitrogens with zero attached hydrogens (tertiary/aromatic N) is 3. The van der Waals surface area contributed by atoms with Gasteiger partial charge in [0, 0.05) is 45.0 Å². The minimum absolute atomic E-state index is 0.529. The van der Waals surface area contributed by atoms with Crippen molar-refractivity contribution in [1.29, 1.82) is 0 Å². The molecule has 0 atom stereocenters. The second-order valence-corrected chi connectivity index (χ2v) is 6.83. The third-order valence-corrected chi connectivity index (χ3v) is 4.15. The highest BCUT2D eigenvalue weighted by Crippen LogP contribution is 2.06. The zero-order valence-electron chi connectivity index (χ0n) is 15.6. The number of guanidine groups is 1. The van der Waals surface area contributed by atoms with Crippen molar-refractivity contribution in [3.05, 3.63) is 29.0 Å². The number of pyridine rings is 1. The summed E-state index contributed by atoms with van der Waals surface area (Å²) in [5.74, 6) is 0.845. The van der Waals surface area contributed by atoms with Gasteiger partial charge in [-0.05, 0) is 52.2 Å². The molecule has 0 amide bonds. The summed E-state index contributed by atoms with van der Waals surface area (Å²) >= 11 is 5.79. The summed E-state index contributed by atoms with van der Waals surface area (Å²) in [4.78, 5) is 10.9. The molecule has 0 aliphatic carbocycles. The van der Waals surface area contributed by atoms with E-state index >= 15 is 0 Å². The highest BCUT2D eigenvalue weighted by atomic mass is 35.5. The van der Waals surface area contributed by atoms with Crippen LogP contribution in [0.4, 0.5) is 0 Å². The van der Waals surface area contributed by atoms with Crippen molar-refractivity contribution < 1.29 is 0 Å². The monoisotopic (exact) mass is 353 g/mol. The van der Waals surface area contributed by atoms with Crippen LogP contribution >= 0.6 is 11.6 Å². The Morgan fingerprint density at radius 1 is 1.17 bits per heavy atom. The normalized spacial score (nSPS) is 12.3. The summed E-state index contributed by atoms with van der Waals surface area (Å²) in [5.41, 5.74) is 1.16. The van der Waals surface area contributed by atoms with Crippen molar-refractivity contribution >= 4 is 17.6 Å². The number of rotatable bonds is 9. The predicted molar refractivity (Wildman–Crippen MR) is 104 cm³/mol. The Kier molecular flexibility index (Phi) is 9.72. The molecule has 1 aromatic heterocycles. The lowest BCUT2D eigenvalue weighted by Gasteiger charge is -2.30. The number of aliphatic imine (C=N–C) groups is 1. The topological polar surface area (TPSA) is 52.6 Å². The van der Waals surface area contributed by atoms with Crippen LogP contribution in [-0.4, -0.2) is 54.6 Å². The van der Waals surface area contributed by atoms with Gasteiger partial charge in [0.15, 0.2) is 5.96 Å². The maximum atomic E-state index is 5.79. The van der Waals surface area contributed by atoms with Crippen LogP contribution in [0.15, 0.2) is 23.3 Å². The van der Waals surface area contributed by atoms with E-state index in [1.165, 1.54) is 0 Å². The Balaban J connectivity index is 2.24. The first kappa shape index (κ1) is 20.7. The van der Waals surface area contributed by atoms with Gasteiger partial charge < -0.3 is 10.6 Å². The molecule has 1 rings (SSSR count). The molecule has 0 fully saturated rings. The minimum atomic E-state index is 0.529. The van der Waals surface area contributed by atoms with Gasteiger partial charge in [0.05, 0.1) is 0 Å². The molecular weight excluding hydrogens is 322 g/mol. The van der Waals surface area contributed by atoms with E-state index in [0.717, 1.165) is 44.0 Å². The maximum Gasteiger partial charge on any atom is 0.190 e. The largest absolute Gasteiger partial charge is 0.356 e. The molecule has 1 aromatic rings. The van der Waals surface area contributed by atoms with Crippen molar-refractivity contribution in [1.82, 2.24) is 20.5 Å². The molecule has 0 aliphatic rings. The van der Waals surface area contributed by atoms with Crippen LogP contribution in [0.3, 0.4) is 0 Å². The Labute approximate surface area is 151 Å². The summed E-state index contributed by atoms with van der Waals surface area (Å²) < 4.78 is 0. The quantitative estimate of drug-likeness (QED) is 0.310. The summed E-state index contributed by atoms with van der Waals surface area (Å²) in [5, 5.41) is 7.23. The number of hydrogen-bond donors (Lipinski definition) is 2. The van der Waals surface area contributed by atoms with Crippen molar-refractivity contribution in [3.63, 3.8) is 0 Å². The van der Waals surface area contributed by atoms with E-state index in [4.69, 9.17) is 11.6 Å². The van der Waals surface area contributed by atoms with E-state index in [0.29, 0.717) is 17.2 Å². The van der Waals surface area contributed by atoms with E-state index in [-0.39, 0.29) is 0 Å². The molecule has 0 radical (unpaired) electrons. The lowest BCUT2D eigenvalue weighted by Crippen LogP contribution is -2.41. The summed E-state index contributed by atoms with van der Waals surface area (Å²) in [6, 6.07) is 4.98. The van der Waals surface area contributed by atoms with Crippen molar-refractivity contribution in [2.24, 2.45) is 4.99 Å². The molecule has 0 aromatic carbocycles. The fourth-order valence-corrected chi connectivity index (χ4v) is 2.79. The first-order valence-corrected chi connectivity index (χ1v) is 9.12. The fraction of sp³-hybridized carbons (Fsp3) is 0.667. The molecule has 0 unspecified atom stereocenters. The van der Waals surface area contributed by atoms with Crippen LogP contribution in [0.2, 0.25) is 5.15 Å². The van der Waals surface area contributed by atoms with E-state index in [2.05, 4.69) is 53.2 Å². The van der Waals surface area contributed by atoms with Crippen LogP contribution in [0.5, 0.6) is 0 Å². The SMILES string of the molecule is CN=C(NCCCN(C(C)C)C(C)C)NCCc1ccc(Cl)nc1. The number of nitrogens with one attached hydrogen (secondary N) is 2. The maximum absolute atomic E-state index is 5.79. The third kappa shape index (κ3) is 7.97. The number of halogens is 1. The van der Waals surface area contributed by atoms with Crippen molar-refractivity contribution in [2.45, 2.75) is 52.6 Å². The lowest BCUT2D eigenvalue weighted by atomic mass is 10.2. The second kappa shape index (κ2) is 11.3. The third-order valence-electron chi connectivity index (χ3n) is 3.93. The van der Waals surface area contributed by atoms with Gasteiger partial charge in [-0.15, -0.1) is 0 Å². The highest BCUT2D eigenvalue weighted by Gasteiger charge is 2.12. The van der Waals surface area contributed by atoms with Crippen molar-refractivity contribution in [2.75, 3.05) is 26.7 Å². The molecule has 6 heteroatoms. The number of hydrogen-bond acceptors (Lipinski definition) is 3. The lowest BCUT2D eigenvalue weighted by molar-refractivity contribution is 0.173. The Morgan fingerprint density at radius 3 is 2.38 bits per heavy atom. The zero-order valence-corrected chi connectivity index (χ0v) is 16.4. The van der Waals surface area contributed by atoms with Crippen LogP contribution in [-0.2, 0) is 6.42 Å². The Hall–Kier alpha value is -1.33. The Bertz CT molecular complexity index is 477. The molecular formula is C18H32ClN5. The Morgan fingerprint density at radius 2 is 1.83 bits per heavy atom. The summed E-state index contributed by atoms with van der Waals surface area (Å²) in [7, 11) is 1.80. The number of aromatic nitrogens is 1. The van der Waals surface area contributed by atoms with Crippen LogP contribution in [0, 0.1) is 0 Å². The molecule has 136 valence electrons.